The summed E-state index contributed by atoms with van der Waals surface area (Å²) < 4.78 is 32.3. The number of sulfonamides is 1. The Balaban J connectivity index is 2.25. The number of hydrogen-bond acceptors (Lipinski definition) is 5. The quantitative estimate of drug-likeness (QED) is 0.751. The van der Waals surface area contributed by atoms with E-state index in [2.05, 4.69) is 14.7 Å². The third kappa shape index (κ3) is 2.86. The van der Waals surface area contributed by atoms with Crippen molar-refractivity contribution in [3.05, 3.63) is 35.8 Å². The van der Waals surface area contributed by atoms with Crippen LogP contribution in [0.5, 0.6) is 0 Å². The number of nitrogens with two attached hydrogens (primary N) is 1. The second kappa shape index (κ2) is 5.16. The molecule has 104 valence electrons. The zero-order valence-electron chi connectivity index (χ0n) is 10.7. The molecule has 2 aromatic heterocycles. The highest BCUT2D eigenvalue weighted by Gasteiger charge is 2.24. The Hall–Kier alpha value is -1.64. The molecule has 8 heteroatoms. The maximum absolute atomic E-state index is 12.2. The lowest BCUT2D eigenvalue weighted by Crippen LogP contribution is -2.27. The van der Waals surface area contributed by atoms with Crippen molar-refractivity contribution in [2.24, 2.45) is 5.73 Å². The molecule has 7 nitrogen and oxygen atoms in total. The van der Waals surface area contributed by atoms with Gasteiger partial charge >= 0.3 is 0 Å². The van der Waals surface area contributed by atoms with Crippen LogP contribution in [0.1, 0.15) is 30.3 Å². The summed E-state index contributed by atoms with van der Waals surface area (Å²) in [5, 5.41) is 0. The van der Waals surface area contributed by atoms with Gasteiger partial charge in [0.2, 0.25) is 10.0 Å². The van der Waals surface area contributed by atoms with Crippen molar-refractivity contribution in [1.29, 1.82) is 0 Å². The molecule has 2 heterocycles. The third-order valence-electron chi connectivity index (χ3n) is 2.68. The molecule has 4 N–H and O–H groups in total. The van der Waals surface area contributed by atoms with Crippen molar-refractivity contribution in [2.45, 2.75) is 31.3 Å². The van der Waals surface area contributed by atoms with Crippen LogP contribution in [0.2, 0.25) is 0 Å². The van der Waals surface area contributed by atoms with Crippen LogP contribution in [0.4, 0.5) is 0 Å². The van der Waals surface area contributed by atoms with Gasteiger partial charge in [0.15, 0.2) is 0 Å². The number of nitrogens with one attached hydrogen (secondary N) is 2. The number of imidazole rings is 1. The Kier molecular flexibility index (Phi) is 3.74. The minimum absolute atomic E-state index is 0.103. The molecule has 19 heavy (non-hydrogen) atoms. The fraction of sp³-hybridized carbons (Fsp3) is 0.364. The van der Waals surface area contributed by atoms with Crippen molar-refractivity contribution in [3.63, 3.8) is 0 Å². The van der Waals surface area contributed by atoms with E-state index < -0.39 is 16.1 Å². The molecule has 0 bridgehead atoms. The molecule has 1 atom stereocenters. The molecule has 0 saturated heterocycles. The molecule has 0 aliphatic rings. The first-order valence-electron chi connectivity index (χ1n) is 5.75. The summed E-state index contributed by atoms with van der Waals surface area (Å²) in [7, 11) is -3.66. The molecule has 0 fully saturated rings. The van der Waals surface area contributed by atoms with Crippen LogP contribution in [0.15, 0.2) is 27.8 Å². The first-order chi connectivity index (χ1) is 8.94. The average Bonchev–Trinajstić information content (AvgIpc) is 2.96. The van der Waals surface area contributed by atoms with Crippen LogP contribution < -0.4 is 10.5 Å². The smallest absolute Gasteiger partial charge is 0.244 e. The molecule has 0 amide bonds. The largest absolute Gasteiger partial charge is 0.464 e. The van der Waals surface area contributed by atoms with Gasteiger partial charge in [0.25, 0.3) is 0 Å². The fourth-order valence-electron chi connectivity index (χ4n) is 1.76. The number of aryl methyl sites for hydroxylation is 1. The highest BCUT2D eigenvalue weighted by Crippen LogP contribution is 2.21. The summed E-state index contributed by atoms with van der Waals surface area (Å²) in [5.41, 5.74) is 5.43. The van der Waals surface area contributed by atoms with Crippen LogP contribution in [-0.2, 0) is 16.6 Å². The average molecular weight is 284 g/mol. The van der Waals surface area contributed by atoms with Crippen LogP contribution in [0, 0.1) is 6.92 Å². The Morgan fingerprint density at radius 3 is 2.84 bits per heavy atom. The van der Waals surface area contributed by atoms with Crippen molar-refractivity contribution in [1.82, 2.24) is 14.7 Å². The summed E-state index contributed by atoms with van der Waals surface area (Å²) in [5.74, 6) is 1.30. The summed E-state index contributed by atoms with van der Waals surface area (Å²) in [6.45, 7) is 3.45. The molecule has 0 radical (unpaired) electrons. The second-order valence-corrected chi connectivity index (χ2v) is 5.84. The van der Waals surface area contributed by atoms with Gasteiger partial charge in [-0.1, -0.05) is 0 Å². The minimum Gasteiger partial charge on any atom is -0.464 e. The van der Waals surface area contributed by atoms with E-state index in [1.165, 1.54) is 6.07 Å². The van der Waals surface area contributed by atoms with Crippen molar-refractivity contribution >= 4 is 10.0 Å². The van der Waals surface area contributed by atoms with Crippen molar-refractivity contribution < 1.29 is 12.8 Å². The molecule has 0 aliphatic heterocycles. The zero-order chi connectivity index (χ0) is 14.0. The predicted molar refractivity (Wildman–Crippen MR) is 68.7 cm³/mol. The van der Waals surface area contributed by atoms with Gasteiger partial charge in [-0.25, -0.2) is 18.1 Å². The van der Waals surface area contributed by atoms with Gasteiger partial charge in [-0.15, -0.1) is 0 Å². The third-order valence-corrected chi connectivity index (χ3v) is 4.32. The van der Waals surface area contributed by atoms with Gasteiger partial charge in [0.1, 0.15) is 22.2 Å². The number of nitrogens with zero attached hydrogens (tertiary/aromatic N) is 1. The number of hydrogen-bond donors (Lipinski definition) is 3. The molecule has 0 saturated carbocycles. The number of aromatic amines is 1. The molecule has 0 aromatic carbocycles. The van der Waals surface area contributed by atoms with Gasteiger partial charge in [-0.3, -0.25) is 0 Å². The number of furan rings is 1. The van der Waals surface area contributed by atoms with Gasteiger partial charge in [-0.05, 0) is 13.8 Å². The first kappa shape index (κ1) is 13.8. The monoisotopic (exact) mass is 284 g/mol. The number of rotatable bonds is 5. The topological polar surface area (TPSA) is 114 Å². The van der Waals surface area contributed by atoms with Gasteiger partial charge in [0, 0.05) is 18.5 Å². The highest BCUT2D eigenvalue weighted by molar-refractivity contribution is 7.89. The normalized spacial score (nSPS) is 13.6. The maximum Gasteiger partial charge on any atom is 0.244 e. The Morgan fingerprint density at radius 2 is 2.32 bits per heavy atom. The standard InChI is InChI=1S/C11H16N4O3S/c1-7(11-13-3-4-14-11)15-19(16,17)10-5-9(6-12)18-8(10)2/h3-5,7,15H,6,12H2,1-2H3,(H,13,14). The van der Waals surface area contributed by atoms with E-state index in [0.717, 1.165) is 0 Å². The first-order valence-corrected chi connectivity index (χ1v) is 7.23. The van der Waals surface area contributed by atoms with Crippen LogP contribution >= 0.6 is 0 Å². The lowest BCUT2D eigenvalue weighted by molar-refractivity contribution is 0.478. The van der Waals surface area contributed by atoms with Crippen LogP contribution in [0.3, 0.4) is 0 Å². The van der Waals surface area contributed by atoms with E-state index in [9.17, 15) is 8.42 Å². The summed E-state index contributed by atoms with van der Waals surface area (Å²) in [4.78, 5) is 6.98. The van der Waals surface area contributed by atoms with Crippen LogP contribution in [0.25, 0.3) is 0 Å². The van der Waals surface area contributed by atoms with Crippen molar-refractivity contribution in [3.8, 4) is 0 Å². The summed E-state index contributed by atoms with van der Waals surface area (Å²) >= 11 is 0. The molecule has 0 aliphatic carbocycles. The minimum atomic E-state index is -3.66. The number of H-pyrrole nitrogens is 1. The lowest BCUT2D eigenvalue weighted by atomic mass is 10.3. The molecule has 2 rings (SSSR count). The molecule has 1 unspecified atom stereocenters. The Labute approximate surface area is 111 Å². The van der Waals surface area contributed by atoms with Gasteiger partial charge in [-0.2, -0.15) is 0 Å². The molecular weight excluding hydrogens is 268 g/mol. The predicted octanol–water partition coefficient (Wildman–Crippen LogP) is 0.809. The highest BCUT2D eigenvalue weighted by atomic mass is 32.2. The van der Waals surface area contributed by atoms with E-state index in [0.29, 0.717) is 17.3 Å². The van der Waals surface area contributed by atoms with E-state index in [1.807, 2.05) is 0 Å². The van der Waals surface area contributed by atoms with E-state index in [4.69, 9.17) is 10.2 Å². The zero-order valence-corrected chi connectivity index (χ0v) is 11.5. The molecule has 2 aromatic rings. The van der Waals surface area contributed by atoms with E-state index in [1.54, 1.807) is 26.2 Å². The second-order valence-electron chi connectivity index (χ2n) is 4.15. The molecule has 0 spiro atoms. The van der Waals surface area contributed by atoms with Gasteiger partial charge in [0.05, 0.1) is 12.6 Å². The van der Waals surface area contributed by atoms with Crippen LogP contribution in [-0.4, -0.2) is 18.4 Å². The summed E-state index contributed by atoms with van der Waals surface area (Å²) in [6.07, 6.45) is 3.20. The Bertz CT molecular complexity index is 646. The van der Waals surface area contributed by atoms with Gasteiger partial charge < -0.3 is 15.1 Å². The lowest BCUT2D eigenvalue weighted by Gasteiger charge is -2.11. The Morgan fingerprint density at radius 1 is 1.58 bits per heavy atom. The SMILES string of the molecule is Cc1oc(CN)cc1S(=O)(=O)NC(C)c1ncc[nH]1. The molecular formula is C11H16N4O3S. The van der Waals surface area contributed by atoms with Crippen molar-refractivity contribution in [2.75, 3.05) is 0 Å². The maximum atomic E-state index is 12.2. The van der Waals surface area contributed by atoms with E-state index in [-0.39, 0.29) is 11.4 Å². The van der Waals surface area contributed by atoms with E-state index >= 15 is 0 Å². The fourth-order valence-corrected chi connectivity index (χ4v) is 3.17. The number of aromatic nitrogens is 2. The summed E-state index contributed by atoms with van der Waals surface area (Å²) in [6, 6.07) is 0.975.